The maximum Gasteiger partial charge on any atom is 0.255 e. The monoisotopic (exact) mass is 517 g/mol. The predicted octanol–water partition coefficient (Wildman–Crippen LogP) is 4.91. The third kappa shape index (κ3) is 3.65. The fourth-order valence-corrected chi connectivity index (χ4v) is 4.97. The zero-order valence-electron chi connectivity index (χ0n) is 20.4. The number of nitrogen functional groups attached to an aromatic ring is 1. The minimum atomic E-state index is -2.13. The number of hydrogen-bond acceptors (Lipinski definition) is 6. The molecule has 0 radical (unpaired) electrons. The van der Waals surface area contributed by atoms with Crippen LogP contribution >= 0.6 is 0 Å². The van der Waals surface area contributed by atoms with Gasteiger partial charge in [0.15, 0.2) is 6.17 Å². The number of rotatable bonds is 4. The van der Waals surface area contributed by atoms with E-state index < -0.39 is 29.2 Å². The molecule has 2 atom stereocenters. The number of halogens is 3. The van der Waals surface area contributed by atoms with Gasteiger partial charge in [0.2, 0.25) is 5.91 Å². The summed E-state index contributed by atoms with van der Waals surface area (Å²) in [6.07, 6.45) is 2.71. The molecule has 0 saturated heterocycles. The number of fused-ring (bicyclic) bond motifs is 2. The third-order valence-electron chi connectivity index (χ3n) is 7.10. The molecule has 3 N–H and O–H groups in total. The van der Waals surface area contributed by atoms with Gasteiger partial charge in [-0.2, -0.15) is 19.7 Å². The number of carbonyl (C=O) groups excluding carboxylic acids is 1. The van der Waals surface area contributed by atoms with Gasteiger partial charge in [-0.15, -0.1) is 0 Å². The van der Waals surface area contributed by atoms with Crippen molar-refractivity contribution in [3.8, 4) is 17.1 Å². The summed E-state index contributed by atoms with van der Waals surface area (Å²) in [5.74, 6) is -2.97. The van der Waals surface area contributed by atoms with Gasteiger partial charge < -0.3 is 11.1 Å². The third-order valence-corrected chi connectivity index (χ3v) is 7.10. The molecule has 0 fully saturated rings. The molecule has 2 unspecified atom stereocenters. The van der Waals surface area contributed by atoms with E-state index in [1.54, 1.807) is 32.3 Å². The van der Waals surface area contributed by atoms with Crippen LogP contribution in [0.15, 0.2) is 66.5 Å². The van der Waals surface area contributed by atoms with Crippen molar-refractivity contribution in [3.05, 3.63) is 77.8 Å². The number of hydrogen-bond donors (Lipinski definition) is 2. The Morgan fingerprint density at radius 2 is 1.79 bits per heavy atom. The lowest BCUT2D eigenvalue weighted by atomic mass is 9.87. The Hall–Kier alpha value is -4.54. The van der Waals surface area contributed by atoms with Crippen LogP contribution in [0.2, 0.25) is 0 Å². The van der Waals surface area contributed by atoms with Crippen LogP contribution in [0.5, 0.6) is 0 Å². The van der Waals surface area contributed by atoms with Crippen LogP contribution in [-0.4, -0.2) is 36.8 Å². The molecule has 6 rings (SSSR count). The second kappa shape index (κ2) is 8.51. The molecule has 1 aliphatic carbocycles. The second-order valence-corrected chi connectivity index (χ2v) is 9.85. The number of allylic oxidation sites excluding steroid dienone is 4. The van der Waals surface area contributed by atoms with E-state index in [2.05, 4.69) is 25.4 Å². The zero-order chi connectivity index (χ0) is 26.8. The SMILES string of the molecule is CC1(C)C(=O)Nc2nc(-n3nc(CC4C(F)=CC=C(F)C4F)c4cc(-c5ccncc5)ccc43)nc(N)c21. The van der Waals surface area contributed by atoms with E-state index in [0.29, 0.717) is 22.2 Å². The summed E-state index contributed by atoms with van der Waals surface area (Å²) >= 11 is 0. The van der Waals surface area contributed by atoms with Gasteiger partial charge in [0.1, 0.15) is 23.3 Å². The van der Waals surface area contributed by atoms with E-state index in [0.717, 1.165) is 23.3 Å². The lowest BCUT2D eigenvalue weighted by Gasteiger charge is -2.20. The average molecular weight is 518 g/mol. The normalized spacial score (nSPS) is 20.2. The Labute approximate surface area is 215 Å². The number of nitrogens with zero attached hydrogens (tertiary/aromatic N) is 5. The van der Waals surface area contributed by atoms with Crippen molar-refractivity contribution in [2.24, 2.45) is 5.92 Å². The molecule has 1 aromatic carbocycles. The molecular weight excluding hydrogens is 495 g/mol. The number of benzene rings is 1. The lowest BCUT2D eigenvalue weighted by molar-refractivity contribution is -0.119. The summed E-state index contributed by atoms with van der Waals surface area (Å²) in [4.78, 5) is 25.4. The second-order valence-electron chi connectivity index (χ2n) is 9.85. The molecular formula is C27H22F3N7O. The van der Waals surface area contributed by atoms with E-state index in [4.69, 9.17) is 5.73 Å². The molecule has 192 valence electrons. The molecule has 0 saturated carbocycles. The summed E-state index contributed by atoms with van der Waals surface area (Å²) in [7, 11) is 0. The van der Waals surface area contributed by atoms with Gasteiger partial charge in [-0.3, -0.25) is 9.78 Å². The number of nitrogens with two attached hydrogens (primary N) is 1. The maximum absolute atomic E-state index is 14.7. The molecule has 0 bridgehead atoms. The Morgan fingerprint density at radius 3 is 2.55 bits per heavy atom. The Morgan fingerprint density at radius 1 is 1.05 bits per heavy atom. The largest absolute Gasteiger partial charge is 0.383 e. The number of anilines is 2. The van der Waals surface area contributed by atoms with E-state index in [9.17, 15) is 18.0 Å². The van der Waals surface area contributed by atoms with Crippen LogP contribution in [0.1, 0.15) is 25.1 Å². The van der Waals surface area contributed by atoms with Gasteiger partial charge in [0.05, 0.1) is 28.1 Å². The average Bonchev–Trinajstić information content (AvgIpc) is 3.37. The first kappa shape index (κ1) is 23.8. The highest BCUT2D eigenvalue weighted by Crippen LogP contribution is 2.40. The Bertz CT molecular complexity index is 1680. The van der Waals surface area contributed by atoms with E-state index in [-0.39, 0.29) is 29.9 Å². The summed E-state index contributed by atoms with van der Waals surface area (Å²) in [6.45, 7) is 3.45. The van der Waals surface area contributed by atoms with Crippen molar-refractivity contribution in [1.29, 1.82) is 0 Å². The van der Waals surface area contributed by atoms with Crippen LogP contribution in [0.3, 0.4) is 0 Å². The first-order valence-electron chi connectivity index (χ1n) is 11.9. The number of alkyl halides is 1. The minimum absolute atomic E-state index is 0.0784. The van der Waals surface area contributed by atoms with Gasteiger partial charge in [0.25, 0.3) is 5.95 Å². The maximum atomic E-state index is 14.7. The molecule has 4 heterocycles. The van der Waals surface area contributed by atoms with Crippen molar-refractivity contribution in [3.63, 3.8) is 0 Å². The first-order chi connectivity index (χ1) is 18.1. The molecule has 11 heteroatoms. The number of nitrogens with one attached hydrogen (secondary N) is 1. The van der Waals surface area contributed by atoms with Crippen molar-refractivity contribution in [1.82, 2.24) is 24.7 Å². The number of pyridine rings is 1. The smallest absolute Gasteiger partial charge is 0.255 e. The predicted molar refractivity (Wildman–Crippen MR) is 136 cm³/mol. The van der Waals surface area contributed by atoms with E-state index in [1.165, 1.54) is 4.68 Å². The highest BCUT2D eigenvalue weighted by atomic mass is 19.2. The van der Waals surface area contributed by atoms with Crippen LogP contribution in [0, 0.1) is 5.92 Å². The molecule has 4 aromatic rings. The number of carbonyl (C=O) groups is 1. The van der Waals surface area contributed by atoms with Crippen molar-refractivity contribution in [2.75, 3.05) is 11.1 Å². The Kier molecular flexibility index (Phi) is 5.33. The van der Waals surface area contributed by atoms with Gasteiger partial charge in [-0.25, -0.2) is 13.2 Å². The number of aromatic nitrogens is 5. The van der Waals surface area contributed by atoms with Crippen LogP contribution in [-0.2, 0) is 16.6 Å². The standard InChI is InChI=1S/C27H22F3N7O/c1-27(2)21-23(31)33-26(35-24(21)34-25(27)38)37-20-6-3-14(13-7-9-32-10-8-13)11-16(20)19(36-37)12-15-17(28)4-5-18(29)22(15)30/h3-11,15,22H,12H2,1-2H3,(H3,31,33,34,35,38). The lowest BCUT2D eigenvalue weighted by Crippen LogP contribution is -2.27. The molecule has 8 nitrogen and oxygen atoms in total. The fraction of sp³-hybridized carbons (Fsp3) is 0.222. The Balaban J connectivity index is 1.52. The van der Waals surface area contributed by atoms with E-state index >= 15 is 0 Å². The molecule has 2 aliphatic rings. The van der Waals surface area contributed by atoms with Gasteiger partial charge in [0, 0.05) is 24.2 Å². The van der Waals surface area contributed by atoms with Crippen LogP contribution in [0.4, 0.5) is 24.8 Å². The summed E-state index contributed by atoms with van der Waals surface area (Å²) in [5.41, 5.74) is 8.41. The molecule has 3 aromatic heterocycles. The summed E-state index contributed by atoms with van der Waals surface area (Å²) in [6, 6.07) is 9.16. The molecule has 0 spiro atoms. The molecule has 1 aliphatic heterocycles. The first-order valence-corrected chi connectivity index (χ1v) is 11.9. The zero-order valence-corrected chi connectivity index (χ0v) is 20.4. The van der Waals surface area contributed by atoms with Crippen molar-refractivity contribution < 1.29 is 18.0 Å². The van der Waals surface area contributed by atoms with Crippen molar-refractivity contribution >= 4 is 28.4 Å². The summed E-state index contributed by atoms with van der Waals surface area (Å²) < 4.78 is 44.8. The van der Waals surface area contributed by atoms with Gasteiger partial charge in [-0.05, 0) is 61.4 Å². The fourth-order valence-electron chi connectivity index (χ4n) is 4.97. The summed E-state index contributed by atoms with van der Waals surface area (Å²) in [5, 5.41) is 7.93. The van der Waals surface area contributed by atoms with Crippen LogP contribution < -0.4 is 11.1 Å². The molecule has 1 amide bonds. The minimum Gasteiger partial charge on any atom is -0.383 e. The highest BCUT2D eigenvalue weighted by Gasteiger charge is 2.42. The quantitative estimate of drug-likeness (QED) is 0.398. The number of amides is 1. The highest BCUT2D eigenvalue weighted by molar-refractivity contribution is 6.06. The van der Waals surface area contributed by atoms with E-state index in [1.807, 2.05) is 24.3 Å². The van der Waals surface area contributed by atoms with Gasteiger partial charge in [-0.1, -0.05) is 6.07 Å². The van der Waals surface area contributed by atoms with Gasteiger partial charge >= 0.3 is 0 Å². The van der Waals surface area contributed by atoms with Crippen molar-refractivity contribution in [2.45, 2.75) is 31.9 Å². The topological polar surface area (TPSA) is 112 Å². The molecule has 38 heavy (non-hydrogen) atoms. The van der Waals surface area contributed by atoms with Crippen LogP contribution in [0.25, 0.3) is 28.0 Å².